The minimum Gasteiger partial charge on any atom is -0.344 e. The molecule has 1 aromatic heterocycles. The topological polar surface area (TPSA) is 62.3 Å². The van der Waals surface area contributed by atoms with E-state index in [1.807, 2.05) is 0 Å². The maximum absolute atomic E-state index is 13.1. The van der Waals surface area contributed by atoms with Crippen molar-refractivity contribution in [1.29, 1.82) is 0 Å². The molecule has 1 N–H and O–H groups in total. The Hall–Kier alpha value is -1.98. The molecule has 0 spiro atoms. The lowest BCUT2D eigenvalue weighted by Crippen LogP contribution is -2.43. The number of hydrogen-bond donors (Lipinski definition) is 1. The molecule has 1 unspecified atom stereocenters. The zero-order valence-corrected chi connectivity index (χ0v) is 10.2. The molecule has 5 nitrogen and oxygen atoms in total. The van der Waals surface area contributed by atoms with Crippen LogP contribution in [0.4, 0.5) is 10.2 Å². The van der Waals surface area contributed by atoms with Crippen LogP contribution in [0.15, 0.2) is 12.1 Å². The minimum atomic E-state index is -0.505. The van der Waals surface area contributed by atoms with Gasteiger partial charge in [0, 0.05) is 13.5 Å². The molecule has 1 saturated heterocycles. The van der Waals surface area contributed by atoms with Crippen LogP contribution in [0.5, 0.6) is 0 Å². The predicted octanol–water partition coefficient (Wildman–Crippen LogP) is 0.771. The third-order valence-electron chi connectivity index (χ3n) is 2.97. The number of likely N-dealkylation sites (N-methyl/N-ethyl adjacent to an activating group) is 1. The summed E-state index contributed by atoms with van der Waals surface area (Å²) in [6, 6.07) is 2.21. The Balaban J connectivity index is 2.15. The second-order valence-electron chi connectivity index (χ2n) is 4.29. The zero-order chi connectivity index (χ0) is 13.3. The Kier molecular flexibility index (Phi) is 3.27. The summed E-state index contributed by atoms with van der Waals surface area (Å²) in [5.74, 6) is -0.391. The molecule has 0 aromatic carbocycles. The van der Waals surface area contributed by atoms with Crippen molar-refractivity contribution in [2.75, 3.05) is 11.9 Å². The number of anilines is 1. The summed E-state index contributed by atoms with van der Waals surface area (Å²) in [5, 5.41) is 2.60. The molecule has 6 heteroatoms. The van der Waals surface area contributed by atoms with E-state index in [4.69, 9.17) is 0 Å². The molecule has 1 fully saturated rings. The van der Waals surface area contributed by atoms with E-state index in [2.05, 4.69) is 10.3 Å². The first-order valence-electron chi connectivity index (χ1n) is 5.69. The third-order valence-corrected chi connectivity index (χ3v) is 2.97. The van der Waals surface area contributed by atoms with Crippen LogP contribution in [0, 0.1) is 12.7 Å². The molecule has 96 valence electrons. The van der Waals surface area contributed by atoms with Gasteiger partial charge in [0.15, 0.2) is 0 Å². The molecule has 0 bridgehead atoms. The highest BCUT2D eigenvalue weighted by Crippen LogP contribution is 2.16. The molecular formula is C12H14FN3O2. The molecule has 0 aliphatic carbocycles. The van der Waals surface area contributed by atoms with Crippen molar-refractivity contribution in [1.82, 2.24) is 10.3 Å². The van der Waals surface area contributed by atoms with Gasteiger partial charge in [-0.2, -0.15) is 0 Å². The largest absolute Gasteiger partial charge is 0.344 e. The standard InChI is InChI=1S/C12H14FN3O2/c1-7-8(13)3-5-10(14-7)16(2)12(18)9-4-6-11(17)15-9/h3,5,9H,4,6H2,1-2H3,(H,15,17). The van der Waals surface area contributed by atoms with Gasteiger partial charge in [-0.05, 0) is 25.5 Å². The second-order valence-corrected chi connectivity index (χ2v) is 4.29. The Morgan fingerprint density at radius 2 is 2.28 bits per heavy atom. The molecule has 1 aliphatic heterocycles. The number of aryl methyl sites for hydroxylation is 1. The minimum absolute atomic E-state index is 0.120. The molecule has 2 heterocycles. The Labute approximate surface area is 104 Å². The number of nitrogens with one attached hydrogen (secondary N) is 1. The van der Waals surface area contributed by atoms with E-state index >= 15 is 0 Å². The summed E-state index contributed by atoms with van der Waals surface area (Å²) >= 11 is 0. The molecular weight excluding hydrogens is 237 g/mol. The highest BCUT2D eigenvalue weighted by atomic mass is 19.1. The lowest BCUT2D eigenvalue weighted by atomic mass is 10.2. The fourth-order valence-corrected chi connectivity index (χ4v) is 1.86. The van der Waals surface area contributed by atoms with Gasteiger partial charge >= 0.3 is 0 Å². The van der Waals surface area contributed by atoms with Crippen molar-refractivity contribution in [3.8, 4) is 0 Å². The highest BCUT2D eigenvalue weighted by molar-refractivity contribution is 5.99. The van der Waals surface area contributed by atoms with Crippen molar-refractivity contribution in [2.24, 2.45) is 0 Å². The van der Waals surface area contributed by atoms with Crippen LogP contribution in [-0.2, 0) is 9.59 Å². The Morgan fingerprint density at radius 3 is 2.83 bits per heavy atom. The quantitative estimate of drug-likeness (QED) is 0.844. The van der Waals surface area contributed by atoms with Gasteiger partial charge in [-0.3, -0.25) is 14.5 Å². The van der Waals surface area contributed by atoms with Crippen LogP contribution in [0.2, 0.25) is 0 Å². The number of rotatable bonds is 2. The molecule has 18 heavy (non-hydrogen) atoms. The average molecular weight is 251 g/mol. The summed E-state index contributed by atoms with van der Waals surface area (Å²) in [6.45, 7) is 1.54. The van der Waals surface area contributed by atoms with E-state index < -0.39 is 11.9 Å². The number of carbonyl (C=O) groups is 2. The molecule has 0 saturated carbocycles. The molecule has 2 rings (SSSR count). The second kappa shape index (κ2) is 4.72. The van der Waals surface area contributed by atoms with Crippen molar-refractivity contribution >= 4 is 17.6 Å². The molecule has 1 aliphatic rings. The van der Waals surface area contributed by atoms with Crippen LogP contribution >= 0.6 is 0 Å². The molecule has 1 aromatic rings. The maximum Gasteiger partial charge on any atom is 0.250 e. The first kappa shape index (κ1) is 12.5. The van der Waals surface area contributed by atoms with Crippen molar-refractivity contribution in [3.05, 3.63) is 23.6 Å². The maximum atomic E-state index is 13.1. The fraction of sp³-hybridized carbons (Fsp3) is 0.417. The highest BCUT2D eigenvalue weighted by Gasteiger charge is 2.30. The molecule has 2 amide bonds. The summed E-state index contributed by atoms with van der Waals surface area (Å²) < 4.78 is 13.1. The van der Waals surface area contributed by atoms with Gasteiger partial charge in [0.25, 0.3) is 0 Å². The first-order valence-corrected chi connectivity index (χ1v) is 5.69. The SMILES string of the molecule is Cc1nc(N(C)C(=O)C2CCC(=O)N2)ccc1F. The number of nitrogens with zero attached hydrogens (tertiary/aromatic N) is 2. The fourth-order valence-electron chi connectivity index (χ4n) is 1.86. The van der Waals surface area contributed by atoms with Crippen LogP contribution in [0.1, 0.15) is 18.5 Å². The van der Waals surface area contributed by atoms with Gasteiger partial charge in [-0.1, -0.05) is 0 Å². The van der Waals surface area contributed by atoms with Gasteiger partial charge in [-0.15, -0.1) is 0 Å². The zero-order valence-electron chi connectivity index (χ0n) is 10.2. The summed E-state index contributed by atoms with van der Waals surface area (Å²) in [4.78, 5) is 28.5. The van der Waals surface area contributed by atoms with E-state index in [0.717, 1.165) is 0 Å². The van der Waals surface area contributed by atoms with Gasteiger partial charge in [-0.25, -0.2) is 9.37 Å². The van der Waals surface area contributed by atoms with Crippen LogP contribution < -0.4 is 10.2 Å². The van der Waals surface area contributed by atoms with Crippen molar-refractivity contribution in [2.45, 2.75) is 25.8 Å². The monoisotopic (exact) mass is 251 g/mol. The number of hydrogen-bond acceptors (Lipinski definition) is 3. The lowest BCUT2D eigenvalue weighted by Gasteiger charge is -2.20. The number of amides is 2. The molecule has 0 radical (unpaired) electrons. The van der Waals surface area contributed by atoms with Gasteiger partial charge in [0.1, 0.15) is 17.7 Å². The van der Waals surface area contributed by atoms with E-state index in [-0.39, 0.29) is 17.5 Å². The van der Waals surface area contributed by atoms with Crippen LogP contribution in [-0.4, -0.2) is 29.9 Å². The molecule has 1 atom stereocenters. The van der Waals surface area contributed by atoms with Gasteiger partial charge in [0.05, 0.1) is 5.69 Å². The first-order chi connectivity index (χ1) is 8.49. The van der Waals surface area contributed by atoms with E-state index in [1.165, 1.54) is 24.0 Å². The summed E-state index contributed by atoms with van der Waals surface area (Å²) in [7, 11) is 1.56. The number of aromatic nitrogens is 1. The number of pyridine rings is 1. The Morgan fingerprint density at radius 1 is 1.56 bits per heavy atom. The van der Waals surface area contributed by atoms with E-state index in [1.54, 1.807) is 7.05 Å². The third kappa shape index (κ3) is 2.32. The van der Waals surface area contributed by atoms with Crippen LogP contribution in [0.25, 0.3) is 0 Å². The smallest absolute Gasteiger partial charge is 0.250 e. The van der Waals surface area contributed by atoms with Gasteiger partial charge < -0.3 is 5.32 Å². The van der Waals surface area contributed by atoms with E-state index in [9.17, 15) is 14.0 Å². The van der Waals surface area contributed by atoms with E-state index in [0.29, 0.717) is 18.7 Å². The van der Waals surface area contributed by atoms with Crippen molar-refractivity contribution in [3.63, 3.8) is 0 Å². The van der Waals surface area contributed by atoms with Crippen LogP contribution in [0.3, 0.4) is 0 Å². The lowest BCUT2D eigenvalue weighted by molar-refractivity contribution is -0.124. The number of carbonyl (C=O) groups excluding carboxylic acids is 2. The number of halogens is 1. The summed E-state index contributed by atoms with van der Waals surface area (Å²) in [6.07, 6.45) is 0.850. The Bertz CT molecular complexity index is 504. The van der Waals surface area contributed by atoms with Gasteiger partial charge in [0.2, 0.25) is 11.8 Å². The predicted molar refractivity (Wildman–Crippen MR) is 63.5 cm³/mol. The summed E-state index contributed by atoms with van der Waals surface area (Å²) in [5.41, 5.74) is 0.239. The normalized spacial score (nSPS) is 18.6. The average Bonchev–Trinajstić information content (AvgIpc) is 2.77. The van der Waals surface area contributed by atoms with Crippen molar-refractivity contribution < 1.29 is 14.0 Å².